The van der Waals surface area contributed by atoms with E-state index in [0.717, 1.165) is 77.0 Å². The Morgan fingerprint density at radius 2 is 0.773 bits per heavy atom. The van der Waals surface area contributed by atoms with Crippen molar-refractivity contribution in [2.45, 2.75) is 328 Å². The summed E-state index contributed by atoms with van der Waals surface area (Å²) in [4.78, 5) is 26.3. The number of hydrogen-bond donors (Lipinski definition) is 3. The Morgan fingerprint density at radius 3 is 1.18 bits per heavy atom. The first-order valence-corrected chi connectivity index (χ1v) is 29.2. The van der Waals surface area contributed by atoms with Gasteiger partial charge in [0.05, 0.1) is 25.2 Å². The summed E-state index contributed by atoms with van der Waals surface area (Å²) in [6.07, 6.45) is 65.0. The summed E-state index contributed by atoms with van der Waals surface area (Å²) < 4.78 is 5.95. The molecule has 0 heterocycles. The summed E-state index contributed by atoms with van der Waals surface area (Å²) >= 11 is 0. The normalized spacial score (nSPS) is 13.3. The van der Waals surface area contributed by atoms with Crippen LogP contribution in [0.5, 0.6) is 0 Å². The molecule has 0 bridgehead atoms. The van der Waals surface area contributed by atoms with Crippen LogP contribution in [0.15, 0.2) is 36.5 Å². The van der Waals surface area contributed by atoms with Crippen LogP contribution in [0.25, 0.3) is 0 Å². The van der Waals surface area contributed by atoms with E-state index in [1.54, 1.807) is 0 Å². The van der Waals surface area contributed by atoms with Crippen molar-refractivity contribution in [3.05, 3.63) is 36.5 Å². The first-order chi connectivity index (χ1) is 32.5. The van der Waals surface area contributed by atoms with Gasteiger partial charge in [0.25, 0.3) is 0 Å². The van der Waals surface area contributed by atoms with Crippen LogP contribution in [-0.2, 0) is 14.3 Å². The highest BCUT2D eigenvalue weighted by Gasteiger charge is 2.24. The molecule has 6 nitrogen and oxygen atoms in total. The van der Waals surface area contributed by atoms with E-state index in [1.807, 2.05) is 0 Å². The summed E-state index contributed by atoms with van der Waals surface area (Å²) in [6.45, 7) is 6.50. The molecule has 3 unspecified atom stereocenters. The number of carbonyl (C=O) groups is 2. The van der Waals surface area contributed by atoms with Crippen molar-refractivity contribution in [2.75, 3.05) is 6.61 Å². The highest BCUT2D eigenvalue weighted by atomic mass is 16.5. The first-order valence-electron chi connectivity index (χ1n) is 29.2. The van der Waals surface area contributed by atoms with Crippen molar-refractivity contribution in [3.8, 4) is 0 Å². The second-order valence-corrected chi connectivity index (χ2v) is 20.1. The van der Waals surface area contributed by atoms with Crippen molar-refractivity contribution in [1.82, 2.24) is 5.32 Å². The SMILES string of the molecule is CCCCCCCCC/C=C/C=C/CCCCCC(CC(=O)NC(CO)C(O)CCCCCCCCCCCCCCC)OC(=O)CCCCCCC/C=C/CCCCCCCCCCC. The van der Waals surface area contributed by atoms with Crippen molar-refractivity contribution >= 4 is 11.9 Å². The van der Waals surface area contributed by atoms with Gasteiger partial charge < -0.3 is 20.3 Å². The third-order valence-electron chi connectivity index (χ3n) is 13.5. The largest absolute Gasteiger partial charge is 0.462 e. The molecule has 0 spiro atoms. The average molecular weight is 929 g/mol. The Hall–Kier alpha value is -1.92. The van der Waals surface area contributed by atoms with E-state index in [2.05, 4.69) is 62.5 Å². The van der Waals surface area contributed by atoms with Gasteiger partial charge in [-0.3, -0.25) is 9.59 Å². The van der Waals surface area contributed by atoms with E-state index in [1.165, 1.54) is 186 Å². The molecule has 3 N–H and O–H groups in total. The summed E-state index contributed by atoms with van der Waals surface area (Å²) in [6, 6.07) is -0.710. The van der Waals surface area contributed by atoms with Gasteiger partial charge in [0.1, 0.15) is 6.10 Å². The summed E-state index contributed by atoms with van der Waals surface area (Å²) in [5.74, 6) is -0.496. The molecule has 388 valence electrons. The van der Waals surface area contributed by atoms with E-state index in [0.29, 0.717) is 19.3 Å². The Morgan fingerprint density at radius 1 is 0.439 bits per heavy atom. The van der Waals surface area contributed by atoms with Crippen LogP contribution in [0.1, 0.15) is 310 Å². The van der Waals surface area contributed by atoms with Crippen LogP contribution in [0.2, 0.25) is 0 Å². The molecule has 66 heavy (non-hydrogen) atoms. The zero-order valence-electron chi connectivity index (χ0n) is 44.3. The molecule has 0 saturated carbocycles. The van der Waals surface area contributed by atoms with Crippen molar-refractivity contribution < 1.29 is 24.5 Å². The number of carbonyl (C=O) groups excluding carboxylic acids is 2. The highest BCUT2D eigenvalue weighted by Crippen LogP contribution is 2.18. The predicted molar refractivity (Wildman–Crippen MR) is 287 cm³/mol. The Bertz CT molecular complexity index is 1090. The third kappa shape index (κ3) is 48.5. The second-order valence-electron chi connectivity index (χ2n) is 20.1. The van der Waals surface area contributed by atoms with Gasteiger partial charge in [0.15, 0.2) is 0 Å². The molecule has 3 atom stereocenters. The topological polar surface area (TPSA) is 95.9 Å². The molecule has 0 aliphatic carbocycles. The van der Waals surface area contributed by atoms with Gasteiger partial charge in [-0.15, -0.1) is 0 Å². The Balaban J connectivity index is 4.59. The molecule has 0 fully saturated rings. The highest BCUT2D eigenvalue weighted by molar-refractivity contribution is 5.77. The van der Waals surface area contributed by atoms with Gasteiger partial charge in [-0.2, -0.15) is 0 Å². The average Bonchev–Trinajstić information content (AvgIpc) is 3.31. The number of aliphatic hydroxyl groups excluding tert-OH is 2. The lowest BCUT2D eigenvalue weighted by molar-refractivity contribution is -0.151. The van der Waals surface area contributed by atoms with Crippen LogP contribution in [-0.4, -0.2) is 46.9 Å². The summed E-state index contributed by atoms with van der Waals surface area (Å²) in [7, 11) is 0. The second kappa shape index (κ2) is 54.0. The standard InChI is InChI=1S/C60H113NO5/c1-4-7-10-13-16-19-22-25-27-29-30-32-35-38-41-44-47-50-53-60(65)66-56(51-48-45-42-39-36-34-31-28-26-23-20-17-14-11-8-5-2)54-59(64)61-57(55-62)58(63)52-49-46-43-40-37-33-24-21-18-15-12-9-6-3/h28,30-32,34,36,56-58,62-63H,4-27,29,33,35,37-55H2,1-3H3,(H,61,64)/b31-28+,32-30+,36-34+. The fourth-order valence-electron chi connectivity index (χ4n) is 9.01. The number of ether oxygens (including phenoxy) is 1. The minimum Gasteiger partial charge on any atom is -0.462 e. The maximum Gasteiger partial charge on any atom is 0.306 e. The van der Waals surface area contributed by atoms with E-state index >= 15 is 0 Å². The third-order valence-corrected chi connectivity index (χ3v) is 13.5. The zero-order valence-corrected chi connectivity index (χ0v) is 44.3. The maximum absolute atomic E-state index is 13.3. The smallest absolute Gasteiger partial charge is 0.306 e. The molecular weight excluding hydrogens is 815 g/mol. The molecular formula is C60H113NO5. The quantitative estimate of drug-likeness (QED) is 0.0244. The van der Waals surface area contributed by atoms with E-state index in [-0.39, 0.29) is 24.9 Å². The van der Waals surface area contributed by atoms with Crippen molar-refractivity contribution in [1.29, 1.82) is 0 Å². The van der Waals surface area contributed by atoms with Crippen LogP contribution in [0, 0.1) is 0 Å². The van der Waals surface area contributed by atoms with E-state index in [4.69, 9.17) is 4.74 Å². The fourth-order valence-corrected chi connectivity index (χ4v) is 9.01. The number of unbranched alkanes of at least 4 members (excludes halogenated alkanes) is 36. The lowest BCUT2D eigenvalue weighted by atomic mass is 10.0. The molecule has 0 aromatic rings. The Labute approximate surface area is 411 Å². The first kappa shape index (κ1) is 64.1. The van der Waals surface area contributed by atoms with Crippen LogP contribution >= 0.6 is 0 Å². The molecule has 6 heteroatoms. The number of aliphatic hydroxyl groups is 2. The van der Waals surface area contributed by atoms with E-state index in [9.17, 15) is 19.8 Å². The number of amides is 1. The zero-order chi connectivity index (χ0) is 48.1. The van der Waals surface area contributed by atoms with Gasteiger partial charge in [0.2, 0.25) is 5.91 Å². The molecule has 0 aliphatic rings. The van der Waals surface area contributed by atoms with Crippen LogP contribution < -0.4 is 5.32 Å². The molecule has 0 aliphatic heterocycles. The number of hydrogen-bond acceptors (Lipinski definition) is 5. The molecule has 0 rings (SSSR count). The van der Waals surface area contributed by atoms with Crippen molar-refractivity contribution in [2.24, 2.45) is 0 Å². The van der Waals surface area contributed by atoms with Gasteiger partial charge in [0, 0.05) is 6.42 Å². The van der Waals surface area contributed by atoms with Crippen molar-refractivity contribution in [3.63, 3.8) is 0 Å². The molecule has 0 saturated heterocycles. The van der Waals surface area contributed by atoms with Gasteiger partial charge in [-0.05, 0) is 77.0 Å². The van der Waals surface area contributed by atoms with Crippen LogP contribution in [0.3, 0.4) is 0 Å². The minimum absolute atomic E-state index is 0.0593. The Kier molecular flexibility index (Phi) is 52.5. The lowest BCUT2D eigenvalue weighted by Crippen LogP contribution is -2.46. The number of esters is 1. The van der Waals surface area contributed by atoms with Gasteiger partial charge in [-0.25, -0.2) is 0 Å². The van der Waals surface area contributed by atoms with Crippen LogP contribution in [0.4, 0.5) is 0 Å². The molecule has 0 aromatic carbocycles. The summed E-state index contributed by atoms with van der Waals surface area (Å²) in [5.41, 5.74) is 0. The van der Waals surface area contributed by atoms with Gasteiger partial charge >= 0.3 is 5.97 Å². The summed E-state index contributed by atoms with van der Waals surface area (Å²) in [5, 5.41) is 23.9. The molecule has 0 radical (unpaired) electrons. The molecule has 0 aromatic heterocycles. The van der Waals surface area contributed by atoms with Gasteiger partial charge in [-0.1, -0.05) is 256 Å². The maximum atomic E-state index is 13.3. The predicted octanol–water partition coefficient (Wildman–Crippen LogP) is 18.0. The van der Waals surface area contributed by atoms with E-state index < -0.39 is 18.2 Å². The lowest BCUT2D eigenvalue weighted by Gasteiger charge is -2.24. The number of rotatable bonds is 53. The monoisotopic (exact) mass is 928 g/mol. The fraction of sp³-hybridized carbons (Fsp3) is 0.867. The number of allylic oxidation sites excluding steroid dienone is 6. The molecule has 1 amide bonds. The number of nitrogens with one attached hydrogen (secondary N) is 1. The minimum atomic E-state index is -0.795.